The average Bonchev–Trinajstić information content (AvgIpc) is 2.60. The van der Waals surface area contributed by atoms with Gasteiger partial charge in [0.1, 0.15) is 0 Å². The van der Waals surface area contributed by atoms with Gasteiger partial charge in [0, 0.05) is 7.05 Å². The first-order chi connectivity index (χ1) is 8.40. The molecule has 96 valence electrons. The maximum Gasteiger partial charge on any atom is 0.263 e. The van der Waals surface area contributed by atoms with E-state index in [1.54, 1.807) is 19.2 Å². The molecule has 3 N–H and O–H groups in total. The van der Waals surface area contributed by atoms with Crippen molar-refractivity contribution in [3.8, 4) is 0 Å². The Bertz CT molecular complexity index is 657. The maximum atomic E-state index is 12.1. The zero-order valence-corrected chi connectivity index (χ0v) is 10.9. The Morgan fingerprint density at radius 1 is 1.39 bits per heavy atom. The molecule has 0 saturated carbocycles. The number of benzene rings is 1. The molecule has 0 saturated heterocycles. The predicted octanol–water partition coefficient (Wildman–Crippen LogP) is 1.11. The van der Waals surface area contributed by atoms with Crippen LogP contribution in [0.1, 0.15) is 5.56 Å². The van der Waals surface area contributed by atoms with Gasteiger partial charge in [-0.15, -0.1) is 0 Å². The number of nitrogens with zero attached hydrogens (tertiary/aromatic N) is 2. The van der Waals surface area contributed by atoms with Gasteiger partial charge in [-0.1, -0.05) is 12.1 Å². The molecule has 0 radical (unpaired) electrons. The quantitative estimate of drug-likeness (QED) is 0.870. The number of hydrogen-bond acceptors (Lipinski definition) is 4. The van der Waals surface area contributed by atoms with Crippen molar-refractivity contribution in [1.29, 1.82) is 0 Å². The number of sulfonamides is 1. The van der Waals surface area contributed by atoms with Crippen LogP contribution in [0, 0.1) is 6.92 Å². The lowest BCUT2D eigenvalue weighted by atomic mass is 10.2. The van der Waals surface area contributed by atoms with Crippen LogP contribution >= 0.6 is 0 Å². The van der Waals surface area contributed by atoms with Gasteiger partial charge in [0.05, 0.1) is 16.8 Å². The van der Waals surface area contributed by atoms with E-state index in [0.717, 1.165) is 5.56 Å². The molecule has 1 aromatic carbocycles. The SMILES string of the molecule is Cc1cccc(S(=O)(=O)Nc2c(N)cnn2C)c1. The molecule has 0 amide bonds. The van der Waals surface area contributed by atoms with Crippen molar-refractivity contribution in [2.75, 3.05) is 10.5 Å². The van der Waals surface area contributed by atoms with Crippen molar-refractivity contribution in [2.24, 2.45) is 7.05 Å². The third-order valence-electron chi connectivity index (χ3n) is 2.50. The minimum Gasteiger partial charge on any atom is -0.394 e. The summed E-state index contributed by atoms with van der Waals surface area (Å²) in [7, 11) is -2.03. The van der Waals surface area contributed by atoms with E-state index in [-0.39, 0.29) is 16.4 Å². The molecule has 0 unspecified atom stereocenters. The first-order valence-electron chi connectivity index (χ1n) is 5.27. The van der Waals surface area contributed by atoms with Crippen molar-refractivity contribution in [2.45, 2.75) is 11.8 Å². The smallest absolute Gasteiger partial charge is 0.263 e. The number of aromatic nitrogens is 2. The van der Waals surface area contributed by atoms with E-state index in [1.807, 2.05) is 13.0 Å². The topological polar surface area (TPSA) is 90.0 Å². The lowest BCUT2D eigenvalue weighted by Gasteiger charge is -2.09. The van der Waals surface area contributed by atoms with Crippen LogP contribution in [0.15, 0.2) is 35.4 Å². The zero-order chi connectivity index (χ0) is 13.3. The number of nitrogens with one attached hydrogen (secondary N) is 1. The highest BCUT2D eigenvalue weighted by Gasteiger charge is 2.17. The lowest BCUT2D eigenvalue weighted by Crippen LogP contribution is -2.16. The molecular formula is C11H14N4O2S. The van der Waals surface area contributed by atoms with Crippen molar-refractivity contribution in [3.05, 3.63) is 36.0 Å². The minimum absolute atomic E-state index is 0.197. The first-order valence-corrected chi connectivity index (χ1v) is 6.75. The summed E-state index contributed by atoms with van der Waals surface area (Å²) in [6.07, 6.45) is 1.40. The van der Waals surface area contributed by atoms with Crippen molar-refractivity contribution in [3.63, 3.8) is 0 Å². The number of rotatable bonds is 3. The van der Waals surface area contributed by atoms with Crippen LogP contribution in [-0.4, -0.2) is 18.2 Å². The Labute approximate surface area is 105 Å². The second-order valence-electron chi connectivity index (χ2n) is 3.99. The summed E-state index contributed by atoms with van der Waals surface area (Å²) < 4.78 is 28.1. The Morgan fingerprint density at radius 2 is 2.11 bits per heavy atom. The molecule has 0 aliphatic heterocycles. The molecular weight excluding hydrogens is 252 g/mol. The normalized spacial score (nSPS) is 11.4. The van der Waals surface area contributed by atoms with Crippen LogP contribution < -0.4 is 10.5 Å². The highest BCUT2D eigenvalue weighted by Crippen LogP contribution is 2.21. The van der Waals surface area contributed by atoms with Gasteiger partial charge in [0.2, 0.25) is 0 Å². The highest BCUT2D eigenvalue weighted by atomic mass is 32.2. The molecule has 6 nitrogen and oxygen atoms in total. The predicted molar refractivity (Wildman–Crippen MR) is 69.6 cm³/mol. The van der Waals surface area contributed by atoms with Crippen LogP contribution in [0.4, 0.5) is 11.5 Å². The van der Waals surface area contributed by atoms with Crippen molar-refractivity contribution in [1.82, 2.24) is 9.78 Å². The molecule has 0 aliphatic carbocycles. The van der Waals surface area contributed by atoms with E-state index in [0.29, 0.717) is 0 Å². The van der Waals surface area contributed by atoms with E-state index in [2.05, 4.69) is 9.82 Å². The van der Waals surface area contributed by atoms with E-state index in [1.165, 1.54) is 16.9 Å². The summed E-state index contributed by atoms with van der Waals surface area (Å²) in [5, 5.41) is 3.88. The molecule has 0 fully saturated rings. The lowest BCUT2D eigenvalue weighted by molar-refractivity contribution is 0.600. The Balaban J connectivity index is 2.39. The zero-order valence-electron chi connectivity index (χ0n) is 10.1. The van der Waals surface area contributed by atoms with E-state index in [4.69, 9.17) is 5.73 Å². The first kappa shape index (κ1) is 12.4. The summed E-state index contributed by atoms with van der Waals surface area (Å²) in [6.45, 7) is 1.83. The van der Waals surface area contributed by atoms with E-state index < -0.39 is 10.0 Å². The third kappa shape index (κ3) is 2.30. The van der Waals surface area contributed by atoms with Gasteiger partial charge in [-0.3, -0.25) is 9.40 Å². The Morgan fingerprint density at radius 3 is 2.67 bits per heavy atom. The molecule has 7 heteroatoms. The van der Waals surface area contributed by atoms with Gasteiger partial charge in [0.15, 0.2) is 5.82 Å². The Kier molecular flexibility index (Phi) is 3.00. The van der Waals surface area contributed by atoms with Gasteiger partial charge in [-0.25, -0.2) is 8.42 Å². The minimum atomic E-state index is -3.64. The molecule has 0 atom stereocenters. The molecule has 1 heterocycles. The fraction of sp³-hybridized carbons (Fsp3) is 0.182. The Hall–Kier alpha value is -2.02. The standard InChI is InChI=1S/C11H14N4O2S/c1-8-4-3-5-9(6-8)18(16,17)14-11-10(12)7-13-15(11)2/h3-7,14H,12H2,1-2H3. The van der Waals surface area contributed by atoms with Gasteiger partial charge < -0.3 is 5.73 Å². The van der Waals surface area contributed by atoms with Gasteiger partial charge >= 0.3 is 0 Å². The second-order valence-corrected chi connectivity index (χ2v) is 5.68. The van der Waals surface area contributed by atoms with Gasteiger partial charge in [-0.05, 0) is 24.6 Å². The van der Waals surface area contributed by atoms with E-state index in [9.17, 15) is 8.42 Å². The number of hydrogen-bond donors (Lipinski definition) is 2. The molecule has 18 heavy (non-hydrogen) atoms. The molecule has 1 aromatic heterocycles. The molecule has 2 aromatic rings. The molecule has 2 rings (SSSR count). The highest BCUT2D eigenvalue weighted by molar-refractivity contribution is 7.92. The molecule has 0 aliphatic rings. The molecule has 0 bridgehead atoms. The maximum absolute atomic E-state index is 12.1. The summed E-state index contributed by atoms with van der Waals surface area (Å²) >= 11 is 0. The summed E-state index contributed by atoms with van der Waals surface area (Å²) in [5.74, 6) is 0.261. The number of nitrogens with two attached hydrogens (primary N) is 1. The fourth-order valence-corrected chi connectivity index (χ4v) is 2.77. The van der Waals surface area contributed by atoms with E-state index >= 15 is 0 Å². The summed E-state index contributed by atoms with van der Waals surface area (Å²) in [5.41, 5.74) is 6.80. The van der Waals surface area contributed by atoms with Gasteiger partial charge in [0.25, 0.3) is 10.0 Å². The third-order valence-corrected chi connectivity index (χ3v) is 3.83. The van der Waals surface area contributed by atoms with Crippen molar-refractivity contribution >= 4 is 21.5 Å². The largest absolute Gasteiger partial charge is 0.394 e. The number of nitrogen functional groups attached to an aromatic ring is 1. The van der Waals surface area contributed by atoms with Crippen LogP contribution in [-0.2, 0) is 17.1 Å². The van der Waals surface area contributed by atoms with Crippen LogP contribution in [0.2, 0.25) is 0 Å². The average molecular weight is 266 g/mol. The van der Waals surface area contributed by atoms with Crippen molar-refractivity contribution < 1.29 is 8.42 Å². The number of aryl methyl sites for hydroxylation is 2. The molecule has 0 spiro atoms. The van der Waals surface area contributed by atoms with Crippen LogP contribution in [0.5, 0.6) is 0 Å². The number of anilines is 2. The van der Waals surface area contributed by atoms with Crippen LogP contribution in [0.3, 0.4) is 0 Å². The van der Waals surface area contributed by atoms with Gasteiger partial charge in [-0.2, -0.15) is 5.10 Å². The second kappa shape index (κ2) is 4.34. The summed E-state index contributed by atoms with van der Waals surface area (Å²) in [6, 6.07) is 6.64. The van der Waals surface area contributed by atoms with Crippen LogP contribution in [0.25, 0.3) is 0 Å². The summed E-state index contributed by atoms with van der Waals surface area (Å²) in [4.78, 5) is 0.197. The fourth-order valence-electron chi connectivity index (χ4n) is 1.55. The monoisotopic (exact) mass is 266 g/mol.